The van der Waals surface area contributed by atoms with Gasteiger partial charge in [-0.1, -0.05) is 36.4 Å². The van der Waals surface area contributed by atoms with Crippen LogP contribution in [0.4, 0.5) is 0 Å². The predicted molar refractivity (Wildman–Crippen MR) is 96.7 cm³/mol. The van der Waals surface area contributed by atoms with Crippen molar-refractivity contribution in [1.29, 1.82) is 0 Å². The van der Waals surface area contributed by atoms with Crippen LogP contribution in [0, 0.1) is 0 Å². The second-order valence-electron chi connectivity index (χ2n) is 6.73. The van der Waals surface area contributed by atoms with E-state index in [4.69, 9.17) is 4.74 Å². The number of benzene rings is 2. The van der Waals surface area contributed by atoms with Crippen LogP contribution >= 0.6 is 0 Å². The van der Waals surface area contributed by atoms with Crippen LogP contribution in [0.5, 0.6) is 0 Å². The van der Waals surface area contributed by atoms with Crippen LogP contribution in [0.2, 0.25) is 0 Å². The zero-order valence-electron chi connectivity index (χ0n) is 14.3. The van der Waals surface area contributed by atoms with Crippen LogP contribution in [0.3, 0.4) is 0 Å². The molecule has 0 radical (unpaired) electrons. The zero-order valence-corrected chi connectivity index (χ0v) is 14.3. The molecule has 3 heteroatoms. The number of morpholine rings is 1. The summed E-state index contributed by atoms with van der Waals surface area (Å²) in [5.74, 6) is 0. The smallest absolute Gasteiger partial charge is 0.0678 e. The number of fused-ring (bicyclic) bond motifs is 1. The molecule has 0 aliphatic carbocycles. The molecule has 1 N–H and O–H groups in total. The Kier molecular flexibility index (Phi) is 5.65. The maximum Gasteiger partial charge on any atom is 0.0678 e. The van der Waals surface area contributed by atoms with E-state index in [1.807, 2.05) is 0 Å². The number of hydrogen-bond acceptors (Lipinski definition) is 3. The molecule has 2 aromatic rings. The molecule has 2 aromatic carbocycles. The first-order valence-corrected chi connectivity index (χ1v) is 8.77. The van der Waals surface area contributed by atoms with E-state index in [-0.39, 0.29) is 0 Å². The Morgan fingerprint density at radius 2 is 1.78 bits per heavy atom. The van der Waals surface area contributed by atoms with E-state index < -0.39 is 0 Å². The Balaban J connectivity index is 1.39. The highest BCUT2D eigenvalue weighted by Gasteiger charge is 2.21. The van der Waals surface area contributed by atoms with Gasteiger partial charge in [0.15, 0.2) is 0 Å². The highest BCUT2D eigenvalue weighted by molar-refractivity contribution is 5.82. The Morgan fingerprint density at radius 3 is 2.57 bits per heavy atom. The molecule has 124 valence electrons. The summed E-state index contributed by atoms with van der Waals surface area (Å²) in [6.45, 7) is 9.63. The molecule has 1 fully saturated rings. The Morgan fingerprint density at radius 1 is 1.04 bits per heavy atom. The Hall–Kier alpha value is -1.42. The third kappa shape index (κ3) is 4.77. The molecule has 1 aliphatic heterocycles. The topological polar surface area (TPSA) is 24.5 Å². The molecule has 1 saturated heterocycles. The summed E-state index contributed by atoms with van der Waals surface area (Å²) in [6, 6.07) is 15.3. The van der Waals surface area contributed by atoms with Crippen LogP contribution in [-0.4, -0.2) is 43.3 Å². The van der Waals surface area contributed by atoms with E-state index in [0.29, 0.717) is 12.2 Å². The molecule has 1 heterocycles. The number of nitrogens with zero attached hydrogens (tertiary/aromatic N) is 1. The summed E-state index contributed by atoms with van der Waals surface area (Å²) in [6.07, 6.45) is 1.92. The maximum atomic E-state index is 5.78. The first-order valence-electron chi connectivity index (χ1n) is 8.77. The van der Waals surface area contributed by atoms with Crippen molar-refractivity contribution in [3.63, 3.8) is 0 Å². The minimum atomic E-state index is 0.365. The minimum Gasteiger partial charge on any atom is -0.373 e. The second kappa shape index (κ2) is 7.91. The average molecular weight is 312 g/mol. The van der Waals surface area contributed by atoms with E-state index in [1.165, 1.54) is 22.8 Å². The van der Waals surface area contributed by atoms with Gasteiger partial charge in [-0.05, 0) is 55.8 Å². The van der Waals surface area contributed by atoms with Crippen molar-refractivity contribution < 1.29 is 4.74 Å². The highest BCUT2D eigenvalue weighted by atomic mass is 16.5. The summed E-state index contributed by atoms with van der Waals surface area (Å²) in [4.78, 5) is 2.52. The summed E-state index contributed by atoms with van der Waals surface area (Å²) < 4.78 is 5.78. The molecule has 0 amide bonds. The van der Waals surface area contributed by atoms with Crippen molar-refractivity contribution in [2.75, 3.05) is 26.2 Å². The lowest BCUT2D eigenvalue weighted by atomic mass is 10.1. The normalized spacial score (nSPS) is 22.5. The molecule has 0 aromatic heterocycles. The first-order chi connectivity index (χ1) is 11.2. The van der Waals surface area contributed by atoms with Crippen molar-refractivity contribution in [3.05, 3.63) is 48.0 Å². The van der Waals surface area contributed by atoms with Crippen LogP contribution < -0.4 is 5.32 Å². The molecular formula is C20H28N2O. The van der Waals surface area contributed by atoms with Gasteiger partial charge in [0, 0.05) is 19.6 Å². The van der Waals surface area contributed by atoms with E-state index in [2.05, 4.69) is 66.5 Å². The van der Waals surface area contributed by atoms with Crippen LogP contribution in [0.15, 0.2) is 42.5 Å². The fourth-order valence-electron chi connectivity index (χ4n) is 3.48. The van der Waals surface area contributed by atoms with Crippen LogP contribution in [0.1, 0.15) is 25.8 Å². The van der Waals surface area contributed by atoms with E-state index in [1.54, 1.807) is 0 Å². The fourth-order valence-corrected chi connectivity index (χ4v) is 3.48. The van der Waals surface area contributed by atoms with Gasteiger partial charge in [0.1, 0.15) is 0 Å². The second-order valence-corrected chi connectivity index (χ2v) is 6.73. The molecule has 23 heavy (non-hydrogen) atoms. The van der Waals surface area contributed by atoms with Crippen LogP contribution in [-0.2, 0) is 11.3 Å². The van der Waals surface area contributed by atoms with Gasteiger partial charge in [-0.3, -0.25) is 4.90 Å². The van der Waals surface area contributed by atoms with Crippen molar-refractivity contribution in [2.24, 2.45) is 0 Å². The third-order valence-electron chi connectivity index (χ3n) is 4.47. The Bertz CT molecular complexity index is 618. The summed E-state index contributed by atoms with van der Waals surface area (Å²) >= 11 is 0. The molecule has 2 atom stereocenters. The van der Waals surface area contributed by atoms with Crippen molar-refractivity contribution in [2.45, 2.75) is 39.0 Å². The minimum absolute atomic E-state index is 0.365. The van der Waals surface area contributed by atoms with Gasteiger partial charge in [0.05, 0.1) is 12.2 Å². The standard InChI is InChI=1S/C20H28N2O/c1-16-14-22(15-17(2)23-16)11-5-10-21-13-18-8-9-19-6-3-4-7-20(19)12-18/h3-4,6-9,12,16-17,21H,5,10-11,13-15H2,1-2H3/t16-,17-/m1/s1. The number of nitrogens with one attached hydrogen (secondary N) is 1. The summed E-state index contributed by atoms with van der Waals surface area (Å²) in [5.41, 5.74) is 1.36. The van der Waals surface area contributed by atoms with E-state index in [0.717, 1.165) is 32.7 Å². The van der Waals surface area contributed by atoms with Gasteiger partial charge in [-0.25, -0.2) is 0 Å². The lowest BCUT2D eigenvalue weighted by Gasteiger charge is -2.35. The largest absolute Gasteiger partial charge is 0.373 e. The molecule has 3 rings (SSSR count). The zero-order chi connectivity index (χ0) is 16.1. The number of rotatable bonds is 6. The third-order valence-corrected chi connectivity index (χ3v) is 4.47. The predicted octanol–water partition coefficient (Wildman–Crippen LogP) is 3.43. The molecule has 0 bridgehead atoms. The fraction of sp³-hybridized carbons (Fsp3) is 0.500. The van der Waals surface area contributed by atoms with Gasteiger partial charge in [-0.2, -0.15) is 0 Å². The number of ether oxygens (including phenoxy) is 1. The van der Waals surface area contributed by atoms with Gasteiger partial charge in [0.25, 0.3) is 0 Å². The SMILES string of the molecule is C[C@@H]1CN(CCCNCc2ccc3ccccc3c2)C[C@@H](C)O1. The molecule has 0 saturated carbocycles. The highest BCUT2D eigenvalue weighted by Crippen LogP contribution is 2.15. The van der Waals surface area contributed by atoms with E-state index >= 15 is 0 Å². The quantitative estimate of drug-likeness (QED) is 0.827. The molecular weight excluding hydrogens is 284 g/mol. The Labute approximate surface area is 139 Å². The first kappa shape index (κ1) is 16.4. The lowest BCUT2D eigenvalue weighted by Crippen LogP contribution is -2.46. The summed E-state index contributed by atoms with van der Waals surface area (Å²) in [5, 5.41) is 6.20. The van der Waals surface area contributed by atoms with Gasteiger partial charge < -0.3 is 10.1 Å². The monoisotopic (exact) mass is 312 g/mol. The molecule has 0 unspecified atom stereocenters. The van der Waals surface area contributed by atoms with Crippen molar-refractivity contribution in [1.82, 2.24) is 10.2 Å². The maximum absolute atomic E-state index is 5.78. The number of hydrogen-bond donors (Lipinski definition) is 1. The van der Waals surface area contributed by atoms with Crippen molar-refractivity contribution >= 4 is 10.8 Å². The van der Waals surface area contributed by atoms with Gasteiger partial charge in [0.2, 0.25) is 0 Å². The lowest BCUT2D eigenvalue weighted by molar-refractivity contribution is -0.0680. The summed E-state index contributed by atoms with van der Waals surface area (Å²) in [7, 11) is 0. The molecule has 0 spiro atoms. The molecule has 1 aliphatic rings. The van der Waals surface area contributed by atoms with Crippen LogP contribution in [0.25, 0.3) is 10.8 Å². The van der Waals surface area contributed by atoms with Crippen molar-refractivity contribution in [3.8, 4) is 0 Å². The van der Waals surface area contributed by atoms with Gasteiger partial charge >= 0.3 is 0 Å². The average Bonchev–Trinajstić information content (AvgIpc) is 2.53. The van der Waals surface area contributed by atoms with Gasteiger partial charge in [-0.15, -0.1) is 0 Å². The molecule has 3 nitrogen and oxygen atoms in total. The van der Waals surface area contributed by atoms with E-state index in [9.17, 15) is 0 Å².